The van der Waals surface area contributed by atoms with E-state index < -0.39 is 5.97 Å². The number of anilines is 1. The normalized spacial score (nSPS) is 14.9. The zero-order valence-corrected chi connectivity index (χ0v) is 21.5. The first-order chi connectivity index (χ1) is 18.0. The van der Waals surface area contributed by atoms with Gasteiger partial charge in [0.15, 0.2) is 0 Å². The summed E-state index contributed by atoms with van der Waals surface area (Å²) in [7, 11) is 1.36. The molecule has 6 rings (SSSR count). The Kier molecular flexibility index (Phi) is 6.27. The molecule has 4 aromatic rings. The number of thiophene rings is 1. The molecule has 37 heavy (non-hydrogen) atoms. The third-order valence-electron chi connectivity index (χ3n) is 7.36. The zero-order chi connectivity index (χ0) is 25.5. The first kappa shape index (κ1) is 23.8. The van der Waals surface area contributed by atoms with Crippen molar-refractivity contribution < 1.29 is 18.7 Å². The van der Waals surface area contributed by atoms with Gasteiger partial charge in [-0.25, -0.2) is 13.9 Å². The van der Waals surface area contributed by atoms with Crippen LogP contribution in [-0.2, 0) is 48.3 Å². The molecule has 1 N–H and O–H groups in total. The smallest absolute Gasteiger partial charge is 0.341 e. The van der Waals surface area contributed by atoms with Crippen molar-refractivity contribution >= 4 is 39.1 Å². The summed E-state index contributed by atoms with van der Waals surface area (Å²) in [5.41, 5.74) is 5.67. The molecule has 8 nitrogen and oxygen atoms in total. The molecule has 1 amide bonds. The predicted molar refractivity (Wildman–Crippen MR) is 139 cm³/mol. The molecule has 0 unspecified atom stereocenters. The summed E-state index contributed by atoms with van der Waals surface area (Å²) in [4.78, 5) is 26.5. The molecule has 3 aromatic heterocycles. The summed E-state index contributed by atoms with van der Waals surface area (Å²) in [6.45, 7) is 0.481. The molecule has 0 saturated heterocycles. The second kappa shape index (κ2) is 9.74. The Labute approximate surface area is 217 Å². The molecular weight excluding hydrogens is 493 g/mol. The van der Waals surface area contributed by atoms with Gasteiger partial charge in [0.2, 0.25) is 5.91 Å². The lowest BCUT2D eigenvalue weighted by Crippen LogP contribution is -2.20. The number of aryl methyl sites for hydroxylation is 2. The molecule has 0 spiro atoms. The average Bonchev–Trinajstić information content (AvgIpc) is 3.58. The maximum atomic E-state index is 14.0. The molecule has 2 aliphatic rings. The molecule has 0 fully saturated rings. The summed E-state index contributed by atoms with van der Waals surface area (Å²) >= 11 is 1.46. The lowest BCUT2D eigenvalue weighted by atomic mass is 9.95. The minimum atomic E-state index is -0.417. The minimum absolute atomic E-state index is 0.0219. The Bertz CT molecular complexity index is 1520. The highest BCUT2D eigenvalue weighted by Crippen LogP contribution is 2.38. The molecular formula is C27H28FN5O3S. The molecule has 192 valence electrons. The molecule has 0 atom stereocenters. The molecule has 0 radical (unpaired) electrons. The molecule has 1 aromatic carbocycles. The summed E-state index contributed by atoms with van der Waals surface area (Å²) in [6.07, 6.45) is 9.74. The van der Waals surface area contributed by atoms with Gasteiger partial charge in [-0.05, 0) is 80.7 Å². The fourth-order valence-corrected chi connectivity index (χ4v) is 7.02. The van der Waals surface area contributed by atoms with E-state index in [1.165, 1.54) is 40.5 Å². The molecule has 0 aliphatic heterocycles. The number of methoxy groups -OCH3 is 1. The average molecular weight is 522 g/mol. The van der Waals surface area contributed by atoms with Crippen molar-refractivity contribution in [3.05, 3.63) is 63.2 Å². The number of hydrogen-bond acceptors (Lipinski definition) is 6. The predicted octanol–water partition coefficient (Wildman–Crippen LogP) is 4.66. The Morgan fingerprint density at radius 1 is 1.11 bits per heavy atom. The van der Waals surface area contributed by atoms with Crippen molar-refractivity contribution in [2.45, 2.75) is 64.5 Å². The number of ether oxygens (including phenoxy) is 1. The highest BCUT2D eigenvalue weighted by Gasteiger charge is 2.27. The second-order valence-electron chi connectivity index (χ2n) is 9.74. The van der Waals surface area contributed by atoms with Gasteiger partial charge in [0.05, 0.1) is 25.4 Å². The summed E-state index contributed by atoms with van der Waals surface area (Å²) in [5.74, 6) is -0.920. The van der Waals surface area contributed by atoms with E-state index >= 15 is 0 Å². The number of nitrogens with one attached hydrogen (secondary N) is 1. The molecule has 2 aliphatic carbocycles. The summed E-state index contributed by atoms with van der Waals surface area (Å²) in [5, 5.41) is 12.9. The standard InChI is InChI=1S/C27H28FN5O3S/c1-36-27(35)25-19-7-3-5-9-23(19)37-26(25)29-24(34)15-32-13-17(30-31-32)14-33-21-8-4-2-6-18(21)20-12-16(28)10-11-22(20)33/h10-13H,2-9,14-15H2,1H3,(H,29,34). The third kappa shape index (κ3) is 4.43. The van der Waals surface area contributed by atoms with Gasteiger partial charge in [-0.15, -0.1) is 16.4 Å². The summed E-state index contributed by atoms with van der Waals surface area (Å²) < 4.78 is 22.7. The van der Waals surface area contributed by atoms with E-state index in [-0.39, 0.29) is 18.3 Å². The highest BCUT2D eigenvalue weighted by atomic mass is 32.1. The van der Waals surface area contributed by atoms with E-state index in [1.807, 2.05) is 6.07 Å². The van der Waals surface area contributed by atoms with Crippen molar-refractivity contribution in [3.63, 3.8) is 0 Å². The van der Waals surface area contributed by atoms with Crippen molar-refractivity contribution in [2.24, 2.45) is 0 Å². The van der Waals surface area contributed by atoms with E-state index in [0.29, 0.717) is 17.1 Å². The molecule has 0 bridgehead atoms. The molecule has 10 heteroatoms. The number of fused-ring (bicyclic) bond motifs is 4. The van der Waals surface area contributed by atoms with Gasteiger partial charge in [0, 0.05) is 21.5 Å². The molecule has 0 saturated carbocycles. The Morgan fingerprint density at radius 2 is 1.89 bits per heavy atom. The lowest BCUT2D eigenvalue weighted by Gasteiger charge is -2.15. The largest absolute Gasteiger partial charge is 0.465 e. The number of rotatable bonds is 6. The third-order valence-corrected chi connectivity index (χ3v) is 8.57. The van der Waals surface area contributed by atoms with E-state index in [0.717, 1.165) is 78.4 Å². The van der Waals surface area contributed by atoms with Gasteiger partial charge in [-0.3, -0.25) is 4.79 Å². The van der Waals surface area contributed by atoms with E-state index in [4.69, 9.17) is 4.74 Å². The Balaban J connectivity index is 1.20. The van der Waals surface area contributed by atoms with Crippen LogP contribution in [0.25, 0.3) is 10.9 Å². The fourth-order valence-electron chi connectivity index (χ4n) is 5.72. The molecule has 3 heterocycles. The van der Waals surface area contributed by atoms with Crippen LogP contribution < -0.4 is 5.32 Å². The number of amides is 1. The van der Waals surface area contributed by atoms with Crippen molar-refractivity contribution in [1.82, 2.24) is 19.6 Å². The van der Waals surface area contributed by atoms with Crippen LogP contribution >= 0.6 is 11.3 Å². The number of benzene rings is 1. The van der Waals surface area contributed by atoms with Crippen molar-refractivity contribution in [1.29, 1.82) is 0 Å². The Hall–Kier alpha value is -3.53. The SMILES string of the molecule is COC(=O)c1c(NC(=O)Cn2cc(Cn3c4c(c5cc(F)ccc53)CCCC4)nn2)sc2c1CCCC2. The van der Waals surface area contributed by atoms with Crippen molar-refractivity contribution in [2.75, 3.05) is 12.4 Å². The topological polar surface area (TPSA) is 91.0 Å². The van der Waals surface area contributed by atoms with Crippen LogP contribution in [0.3, 0.4) is 0 Å². The zero-order valence-electron chi connectivity index (χ0n) is 20.7. The fraction of sp³-hybridized carbons (Fsp3) is 0.407. The maximum absolute atomic E-state index is 14.0. The number of esters is 1. The van der Waals surface area contributed by atoms with E-state index in [9.17, 15) is 14.0 Å². The van der Waals surface area contributed by atoms with Gasteiger partial charge in [0.1, 0.15) is 23.1 Å². The number of carbonyl (C=O) groups is 2. The second-order valence-corrected chi connectivity index (χ2v) is 10.8. The maximum Gasteiger partial charge on any atom is 0.341 e. The first-order valence-corrected chi connectivity index (χ1v) is 13.5. The van der Waals surface area contributed by atoms with E-state index in [1.54, 1.807) is 12.3 Å². The van der Waals surface area contributed by atoms with Crippen LogP contribution in [0.1, 0.15) is 63.4 Å². The highest BCUT2D eigenvalue weighted by molar-refractivity contribution is 7.17. The van der Waals surface area contributed by atoms with Crippen LogP contribution in [0.4, 0.5) is 9.39 Å². The van der Waals surface area contributed by atoms with Gasteiger partial charge >= 0.3 is 5.97 Å². The van der Waals surface area contributed by atoms with Crippen LogP contribution in [0.2, 0.25) is 0 Å². The van der Waals surface area contributed by atoms with Gasteiger partial charge in [0.25, 0.3) is 0 Å². The van der Waals surface area contributed by atoms with Crippen LogP contribution in [0.5, 0.6) is 0 Å². The van der Waals surface area contributed by atoms with Crippen LogP contribution in [-0.4, -0.2) is 38.5 Å². The first-order valence-electron chi connectivity index (χ1n) is 12.7. The minimum Gasteiger partial charge on any atom is -0.465 e. The monoisotopic (exact) mass is 521 g/mol. The quantitative estimate of drug-likeness (QED) is 0.373. The van der Waals surface area contributed by atoms with Crippen LogP contribution in [0, 0.1) is 5.82 Å². The lowest BCUT2D eigenvalue weighted by molar-refractivity contribution is -0.116. The number of carbonyl (C=O) groups excluding carboxylic acids is 2. The number of hydrogen-bond donors (Lipinski definition) is 1. The van der Waals surface area contributed by atoms with E-state index in [2.05, 4.69) is 20.2 Å². The number of aromatic nitrogens is 4. The van der Waals surface area contributed by atoms with Gasteiger partial charge in [-0.1, -0.05) is 5.21 Å². The van der Waals surface area contributed by atoms with Crippen molar-refractivity contribution in [3.8, 4) is 0 Å². The number of halogens is 1. The summed E-state index contributed by atoms with van der Waals surface area (Å²) in [6, 6.07) is 4.96. The Morgan fingerprint density at radius 3 is 2.73 bits per heavy atom. The number of nitrogens with zero attached hydrogens (tertiary/aromatic N) is 4. The van der Waals surface area contributed by atoms with Gasteiger partial charge in [-0.2, -0.15) is 0 Å². The van der Waals surface area contributed by atoms with Crippen LogP contribution in [0.15, 0.2) is 24.4 Å². The van der Waals surface area contributed by atoms with Gasteiger partial charge < -0.3 is 14.6 Å².